The number of nitrogens with one attached hydrogen (secondary N) is 2. The zero-order valence-electron chi connectivity index (χ0n) is 15.1. The summed E-state index contributed by atoms with van der Waals surface area (Å²) in [6.07, 6.45) is 1.35. The number of H-pyrrole nitrogens is 1. The number of benzene rings is 2. The normalized spacial score (nSPS) is 16.8. The van der Waals surface area contributed by atoms with Gasteiger partial charge in [0.2, 0.25) is 10.0 Å². The first-order valence-corrected chi connectivity index (χ1v) is 10.1. The van der Waals surface area contributed by atoms with Crippen molar-refractivity contribution in [3.63, 3.8) is 0 Å². The maximum absolute atomic E-state index is 13.0. The van der Waals surface area contributed by atoms with E-state index in [0.717, 1.165) is 22.3 Å². The van der Waals surface area contributed by atoms with Gasteiger partial charge < -0.3 is 9.72 Å². The smallest absolute Gasteiger partial charge is 0.244 e. The van der Waals surface area contributed by atoms with Crippen LogP contribution in [-0.4, -0.2) is 26.6 Å². The van der Waals surface area contributed by atoms with Gasteiger partial charge in [0.25, 0.3) is 0 Å². The third-order valence-corrected chi connectivity index (χ3v) is 6.74. The van der Waals surface area contributed by atoms with Gasteiger partial charge in [0.05, 0.1) is 7.11 Å². The second-order valence-electron chi connectivity index (χ2n) is 6.94. The number of fused-ring (bicyclic) bond motifs is 3. The summed E-state index contributed by atoms with van der Waals surface area (Å²) in [5.41, 5.74) is 5.36. The van der Waals surface area contributed by atoms with Crippen LogP contribution in [0.2, 0.25) is 0 Å². The lowest BCUT2D eigenvalue weighted by Gasteiger charge is -2.16. The fourth-order valence-electron chi connectivity index (χ4n) is 3.73. The molecule has 0 radical (unpaired) electrons. The lowest BCUT2D eigenvalue weighted by molar-refractivity contribution is 0.401. The van der Waals surface area contributed by atoms with Crippen LogP contribution >= 0.6 is 0 Å². The molecule has 1 aliphatic rings. The average Bonchev–Trinajstić information content (AvgIpc) is 3.13. The predicted molar refractivity (Wildman–Crippen MR) is 102 cm³/mol. The first-order chi connectivity index (χ1) is 12.4. The van der Waals surface area contributed by atoms with Gasteiger partial charge in [-0.2, -0.15) is 0 Å². The Morgan fingerprint density at radius 2 is 1.85 bits per heavy atom. The van der Waals surface area contributed by atoms with Crippen molar-refractivity contribution in [1.82, 2.24) is 9.71 Å². The van der Waals surface area contributed by atoms with E-state index in [1.165, 1.54) is 18.1 Å². The van der Waals surface area contributed by atoms with E-state index >= 15 is 0 Å². The average molecular weight is 370 g/mol. The molecule has 1 heterocycles. The molecule has 1 aromatic heterocycles. The summed E-state index contributed by atoms with van der Waals surface area (Å²) < 4.78 is 34.1. The molecule has 1 aliphatic carbocycles. The SMILES string of the molecule is COc1cc(C)c(C)cc1S(=O)(=O)NC1Cc2[nH]c3ccccc3c2C1. The highest BCUT2D eigenvalue weighted by atomic mass is 32.2. The molecule has 0 aliphatic heterocycles. The minimum Gasteiger partial charge on any atom is -0.495 e. The number of rotatable bonds is 4. The van der Waals surface area contributed by atoms with Crippen LogP contribution in [0.25, 0.3) is 10.9 Å². The zero-order valence-corrected chi connectivity index (χ0v) is 15.9. The summed E-state index contributed by atoms with van der Waals surface area (Å²) in [4.78, 5) is 3.61. The molecule has 0 amide bonds. The second kappa shape index (κ2) is 6.14. The molecule has 26 heavy (non-hydrogen) atoms. The molecule has 4 rings (SSSR count). The second-order valence-corrected chi connectivity index (χ2v) is 8.62. The van der Waals surface area contributed by atoms with E-state index in [2.05, 4.69) is 15.8 Å². The fraction of sp³-hybridized carbons (Fsp3) is 0.300. The topological polar surface area (TPSA) is 71.2 Å². The third kappa shape index (κ3) is 2.79. The van der Waals surface area contributed by atoms with Crippen molar-refractivity contribution in [3.8, 4) is 5.75 Å². The summed E-state index contributed by atoms with van der Waals surface area (Å²) in [5.74, 6) is 0.377. The third-order valence-electron chi connectivity index (χ3n) is 5.19. The maximum Gasteiger partial charge on any atom is 0.244 e. The highest BCUT2D eigenvalue weighted by molar-refractivity contribution is 7.89. The Morgan fingerprint density at radius 1 is 1.12 bits per heavy atom. The van der Waals surface area contributed by atoms with Crippen molar-refractivity contribution in [2.45, 2.75) is 37.6 Å². The van der Waals surface area contributed by atoms with Crippen LogP contribution in [0.5, 0.6) is 5.75 Å². The summed E-state index contributed by atoms with van der Waals surface area (Å²) in [6, 6.07) is 11.4. The van der Waals surface area contributed by atoms with Gasteiger partial charge in [-0.1, -0.05) is 18.2 Å². The Balaban J connectivity index is 1.62. The van der Waals surface area contributed by atoms with Crippen molar-refractivity contribution in [3.05, 3.63) is 58.8 Å². The lowest BCUT2D eigenvalue weighted by atomic mass is 10.1. The van der Waals surface area contributed by atoms with E-state index in [1.807, 2.05) is 32.0 Å². The van der Waals surface area contributed by atoms with E-state index in [4.69, 9.17) is 4.74 Å². The molecular formula is C20H22N2O3S. The Kier molecular flexibility index (Phi) is 4.04. The van der Waals surface area contributed by atoms with E-state index in [0.29, 0.717) is 18.6 Å². The van der Waals surface area contributed by atoms with Crippen molar-refractivity contribution in [1.29, 1.82) is 0 Å². The van der Waals surface area contributed by atoms with Gasteiger partial charge in [0.15, 0.2) is 0 Å². The first-order valence-electron chi connectivity index (χ1n) is 8.65. The van der Waals surface area contributed by atoms with Crippen molar-refractivity contribution < 1.29 is 13.2 Å². The number of ether oxygens (including phenoxy) is 1. The quantitative estimate of drug-likeness (QED) is 0.741. The van der Waals surface area contributed by atoms with Gasteiger partial charge in [-0.05, 0) is 55.2 Å². The predicted octanol–water partition coefficient (Wildman–Crippen LogP) is 3.24. The number of aryl methyl sites for hydroxylation is 2. The highest BCUT2D eigenvalue weighted by Crippen LogP contribution is 2.32. The Morgan fingerprint density at radius 3 is 2.62 bits per heavy atom. The van der Waals surface area contributed by atoms with Crippen LogP contribution < -0.4 is 9.46 Å². The van der Waals surface area contributed by atoms with Crippen LogP contribution in [0.1, 0.15) is 22.4 Å². The van der Waals surface area contributed by atoms with Crippen LogP contribution in [0.3, 0.4) is 0 Å². The van der Waals surface area contributed by atoms with Gasteiger partial charge >= 0.3 is 0 Å². The molecule has 2 N–H and O–H groups in total. The standard InChI is InChI=1S/C20H22N2O3S/c1-12-8-19(25-3)20(9-13(12)2)26(23,24)22-14-10-16-15-6-4-5-7-17(15)21-18(16)11-14/h4-9,14,21-22H,10-11H2,1-3H3. The van der Waals surface area contributed by atoms with E-state index in [-0.39, 0.29) is 10.9 Å². The number of sulfonamides is 1. The largest absolute Gasteiger partial charge is 0.495 e. The number of para-hydroxylation sites is 1. The van der Waals surface area contributed by atoms with Crippen molar-refractivity contribution >= 4 is 20.9 Å². The molecule has 0 saturated heterocycles. The molecule has 0 bridgehead atoms. The molecule has 6 heteroatoms. The van der Waals surface area contributed by atoms with E-state index < -0.39 is 10.0 Å². The highest BCUT2D eigenvalue weighted by Gasteiger charge is 2.30. The molecule has 5 nitrogen and oxygen atoms in total. The molecular weight excluding hydrogens is 348 g/mol. The van der Waals surface area contributed by atoms with Gasteiger partial charge in [0.1, 0.15) is 10.6 Å². The minimum atomic E-state index is -3.66. The maximum atomic E-state index is 13.0. The number of hydrogen-bond donors (Lipinski definition) is 2. The summed E-state index contributed by atoms with van der Waals surface area (Å²) in [7, 11) is -2.17. The fourth-order valence-corrected chi connectivity index (χ4v) is 5.20. The minimum absolute atomic E-state index is 0.155. The van der Waals surface area contributed by atoms with E-state index in [9.17, 15) is 8.42 Å². The van der Waals surface area contributed by atoms with Gasteiger partial charge in [-0.3, -0.25) is 0 Å². The van der Waals surface area contributed by atoms with Crippen molar-refractivity contribution in [2.75, 3.05) is 7.11 Å². The molecule has 1 atom stereocenters. The molecule has 1 unspecified atom stereocenters. The molecule has 3 aromatic rings. The summed E-state index contributed by atoms with van der Waals surface area (Å²) >= 11 is 0. The number of aromatic amines is 1. The number of methoxy groups -OCH3 is 1. The lowest BCUT2D eigenvalue weighted by Crippen LogP contribution is -2.35. The van der Waals surface area contributed by atoms with Crippen LogP contribution in [-0.2, 0) is 22.9 Å². The molecule has 0 spiro atoms. The van der Waals surface area contributed by atoms with Crippen LogP contribution in [0, 0.1) is 13.8 Å². The monoisotopic (exact) mass is 370 g/mol. The summed E-state index contributed by atoms with van der Waals surface area (Å²) in [6.45, 7) is 3.84. The molecule has 0 saturated carbocycles. The van der Waals surface area contributed by atoms with Gasteiger partial charge in [-0.25, -0.2) is 13.1 Å². The Bertz CT molecular complexity index is 1100. The molecule has 2 aromatic carbocycles. The Hall–Kier alpha value is -2.31. The van der Waals surface area contributed by atoms with Gasteiger partial charge in [0, 0.05) is 29.1 Å². The van der Waals surface area contributed by atoms with Crippen LogP contribution in [0.15, 0.2) is 41.3 Å². The summed E-state index contributed by atoms with van der Waals surface area (Å²) in [5, 5.41) is 1.17. The Labute approximate surface area is 153 Å². The number of hydrogen-bond acceptors (Lipinski definition) is 3. The van der Waals surface area contributed by atoms with Crippen molar-refractivity contribution in [2.24, 2.45) is 0 Å². The van der Waals surface area contributed by atoms with E-state index in [1.54, 1.807) is 12.1 Å². The first kappa shape index (κ1) is 17.1. The number of aromatic nitrogens is 1. The van der Waals surface area contributed by atoms with Crippen LogP contribution in [0.4, 0.5) is 0 Å². The van der Waals surface area contributed by atoms with Gasteiger partial charge in [-0.15, -0.1) is 0 Å². The zero-order chi connectivity index (χ0) is 18.5. The molecule has 0 fully saturated rings. The molecule has 136 valence electrons.